The summed E-state index contributed by atoms with van der Waals surface area (Å²) in [7, 11) is 1.98. The molecule has 4 nitrogen and oxygen atoms in total. The Morgan fingerprint density at radius 1 is 1.47 bits per heavy atom. The second kappa shape index (κ2) is 5.40. The van der Waals surface area contributed by atoms with Gasteiger partial charge in [-0.1, -0.05) is 0 Å². The lowest BCUT2D eigenvalue weighted by atomic mass is 10.1. The van der Waals surface area contributed by atoms with Crippen LogP contribution >= 0.6 is 11.3 Å². The van der Waals surface area contributed by atoms with Crippen LogP contribution in [0.25, 0.3) is 0 Å². The zero-order valence-corrected chi connectivity index (χ0v) is 12.1. The first-order valence-corrected chi connectivity index (χ1v) is 6.88. The molecule has 2 rings (SSSR count). The summed E-state index contributed by atoms with van der Waals surface area (Å²) in [5.74, 6) is -0.0164. The van der Waals surface area contributed by atoms with Gasteiger partial charge in [0.15, 0.2) is 5.78 Å². The molecule has 0 saturated heterocycles. The van der Waals surface area contributed by atoms with Crippen molar-refractivity contribution in [2.24, 2.45) is 0 Å². The minimum atomic E-state index is -0.0164. The zero-order chi connectivity index (χ0) is 14.0. The molecule has 0 amide bonds. The maximum atomic E-state index is 11.5. The van der Waals surface area contributed by atoms with Crippen molar-refractivity contribution in [2.75, 3.05) is 17.7 Å². The van der Waals surface area contributed by atoms with Crippen LogP contribution < -0.4 is 10.6 Å². The summed E-state index contributed by atoms with van der Waals surface area (Å²) in [5.41, 5.74) is 8.88. The number of Topliss-reactive ketones (excluding diaryl/α,β-unsaturated/α-hetero) is 1. The number of carbonyl (C=O) groups excluding carboxylic acids is 1. The van der Waals surface area contributed by atoms with E-state index >= 15 is 0 Å². The Bertz CT molecular complexity index is 606. The van der Waals surface area contributed by atoms with E-state index in [0.717, 1.165) is 16.4 Å². The lowest BCUT2D eigenvalue weighted by Gasteiger charge is -2.19. The Morgan fingerprint density at radius 3 is 2.79 bits per heavy atom. The summed E-state index contributed by atoms with van der Waals surface area (Å²) in [5, 5.41) is 3.11. The van der Waals surface area contributed by atoms with E-state index in [1.807, 2.05) is 26.1 Å². The molecule has 2 aromatic rings. The lowest BCUT2D eigenvalue weighted by molar-refractivity contribution is 0.101. The van der Waals surface area contributed by atoms with Crippen molar-refractivity contribution < 1.29 is 4.79 Å². The van der Waals surface area contributed by atoms with Crippen molar-refractivity contribution in [1.29, 1.82) is 0 Å². The van der Waals surface area contributed by atoms with Gasteiger partial charge in [0.1, 0.15) is 0 Å². The Balaban J connectivity index is 2.21. The quantitative estimate of drug-likeness (QED) is 0.688. The van der Waals surface area contributed by atoms with Crippen LogP contribution in [0.1, 0.15) is 28.0 Å². The molecule has 0 saturated carbocycles. The first kappa shape index (κ1) is 13.5. The fourth-order valence-electron chi connectivity index (χ4n) is 1.90. The molecule has 2 N–H and O–H groups in total. The second-order valence-corrected chi connectivity index (χ2v) is 5.60. The van der Waals surface area contributed by atoms with Gasteiger partial charge in [0.05, 0.1) is 17.2 Å². The summed E-state index contributed by atoms with van der Waals surface area (Å²) in [6.07, 6.45) is 0. The molecule has 0 radical (unpaired) electrons. The van der Waals surface area contributed by atoms with Crippen LogP contribution in [0.4, 0.5) is 11.4 Å². The largest absolute Gasteiger partial charge is 0.398 e. The monoisotopic (exact) mass is 275 g/mol. The number of nitrogen functional groups attached to an aromatic ring is 1. The standard InChI is InChI=1S/C14H17N3OS/c1-9(18)13-6-12(4-5-14(13)15)17(3)7-11-8-19-10(2)16-11/h4-6,8H,7,15H2,1-3H3. The molecule has 0 aliphatic heterocycles. The molecule has 1 aromatic carbocycles. The van der Waals surface area contributed by atoms with E-state index in [1.54, 1.807) is 17.4 Å². The van der Waals surface area contributed by atoms with Gasteiger partial charge in [-0.2, -0.15) is 0 Å². The first-order chi connectivity index (χ1) is 8.97. The van der Waals surface area contributed by atoms with Gasteiger partial charge in [0, 0.05) is 29.4 Å². The van der Waals surface area contributed by atoms with Gasteiger partial charge < -0.3 is 10.6 Å². The number of hydrogen-bond acceptors (Lipinski definition) is 5. The van der Waals surface area contributed by atoms with E-state index in [0.29, 0.717) is 17.8 Å². The number of benzene rings is 1. The highest BCUT2D eigenvalue weighted by molar-refractivity contribution is 7.09. The van der Waals surface area contributed by atoms with E-state index in [4.69, 9.17) is 5.73 Å². The van der Waals surface area contributed by atoms with Gasteiger partial charge >= 0.3 is 0 Å². The molecule has 100 valence electrons. The second-order valence-electron chi connectivity index (χ2n) is 4.54. The number of hydrogen-bond donors (Lipinski definition) is 1. The fraction of sp³-hybridized carbons (Fsp3) is 0.286. The highest BCUT2D eigenvalue weighted by atomic mass is 32.1. The van der Waals surface area contributed by atoms with E-state index in [2.05, 4.69) is 15.3 Å². The Kier molecular flexibility index (Phi) is 3.85. The Labute approximate surface area is 116 Å². The van der Waals surface area contributed by atoms with E-state index in [-0.39, 0.29) is 5.78 Å². The molecule has 0 unspecified atom stereocenters. The summed E-state index contributed by atoms with van der Waals surface area (Å²) < 4.78 is 0. The third-order valence-corrected chi connectivity index (χ3v) is 3.75. The van der Waals surface area contributed by atoms with Crippen molar-refractivity contribution in [3.63, 3.8) is 0 Å². The number of nitrogens with zero attached hydrogens (tertiary/aromatic N) is 2. The zero-order valence-electron chi connectivity index (χ0n) is 11.3. The van der Waals surface area contributed by atoms with Crippen molar-refractivity contribution in [2.45, 2.75) is 20.4 Å². The van der Waals surface area contributed by atoms with Crippen LogP contribution in [0.15, 0.2) is 23.6 Å². The molecule has 0 aliphatic carbocycles. The van der Waals surface area contributed by atoms with Gasteiger partial charge in [-0.3, -0.25) is 4.79 Å². The number of thiazole rings is 1. The minimum Gasteiger partial charge on any atom is -0.398 e. The third kappa shape index (κ3) is 3.12. The molecule has 0 fully saturated rings. The van der Waals surface area contributed by atoms with Crippen molar-refractivity contribution in [1.82, 2.24) is 4.98 Å². The van der Waals surface area contributed by atoms with Crippen LogP contribution in [0.2, 0.25) is 0 Å². The topological polar surface area (TPSA) is 59.2 Å². The molecular weight excluding hydrogens is 258 g/mol. The van der Waals surface area contributed by atoms with Crippen molar-refractivity contribution in [3.8, 4) is 0 Å². The molecule has 0 aliphatic rings. The number of nitrogens with two attached hydrogens (primary N) is 1. The predicted molar refractivity (Wildman–Crippen MR) is 79.8 cm³/mol. The number of aryl methyl sites for hydroxylation is 1. The van der Waals surface area contributed by atoms with Crippen LogP contribution in [0.5, 0.6) is 0 Å². The number of ketones is 1. The normalized spacial score (nSPS) is 10.5. The van der Waals surface area contributed by atoms with Crippen molar-refractivity contribution in [3.05, 3.63) is 39.8 Å². The highest BCUT2D eigenvalue weighted by Crippen LogP contribution is 2.22. The SMILES string of the molecule is CC(=O)c1cc(N(C)Cc2csc(C)n2)ccc1N. The van der Waals surface area contributed by atoms with Gasteiger partial charge in [-0.25, -0.2) is 4.98 Å². The van der Waals surface area contributed by atoms with Gasteiger partial charge in [0.2, 0.25) is 0 Å². The first-order valence-electron chi connectivity index (χ1n) is 6.00. The van der Waals surface area contributed by atoms with Crippen LogP contribution in [0.3, 0.4) is 0 Å². The number of aromatic nitrogens is 1. The third-order valence-electron chi connectivity index (χ3n) is 2.92. The molecule has 0 atom stereocenters. The molecule has 19 heavy (non-hydrogen) atoms. The summed E-state index contributed by atoms with van der Waals surface area (Å²) in [6, 6.07) is 5.52. The summed E-state index contributed by atoms with van der Waals surface area (Å²) >= 11 is 1.64. The Hall–Kier alpha value is -1.88. The summed E-state index contributed by atoms with van der Waals surface area (Å²) in [4.78, 5) is 18.0. The van der Waals surface area contributed by atoms with Crippen LogP contribution in [-0.2, 0) is 6.54 Å². The van der Waals surface area contributed by atoms with Crippen molar-refractivity contribution >= 4 is 28.5 Å². The van der Waals surface area contributed by atoms with Crippen LogP contribution in [0, 0.1) is 6.92 Å². The molecule has 1 heterocycles. The average molecular weight is 275 g/mol. The van der Waals surface area contributed by atoms with E-state index < -0.39 is 0 Å². The van der Waals surface area contributed by atoms with Crippen LogP contribution in [-0.4, -0.2) is 17.8 Å². The summed E-state index contributed by atoms with van der Waals surface area (Å²) in [6.45, 7) is 4.23. The Morgan fingerprint density at radius 2 is 2.21 bits per heavy atom. The van der Waals surface area contributed by atoms with Gasteiger partial charge in [-0.15, -0.1) is 11.3 Å². The van der Waals surface area contributed by atoms with Gasteiger partial charge in [-0.05, 0) is 32.0 Å². The number of anilines is 2. The molecule has 5 heteroatoms. The van der Waals surface area contributed by atoms with Gasteiger partial charge in [0.25, 0.3) is 0 Å². The molecule has 0 spiro atoms. The van der Waals surface area contributed by atoms with E-state index in [9.17, 15) is 4.79 Å². The lowest BCUT2D eigenvalue weighted by Crippen LogP contribution is -2.17. The predicted octanol–water partition coefficient (Wildman–Crippen LogP) is 2.87. The maximum absolute atomic E-state index is 11.5. The average Bonchev–Trinajstić information content (AvgIpc) is 2.74. The maximum Gasteiger partial charge on any atom is 0.161 e. The number of carbonyl (C=O) groups is 1. The highest BCUT2D eigenvalue weighted by Gasteiger charge is 2.09. The molecular formula is C14H17N3OS. The molecule has 0 bridgehead atoms. The fourth-order valence-corrected chi connectivity index (χ4v) is 2.51. The number of rotatable bonds is 4. The molecule has 1 aromatic heterocycles. The smallest absolute Gasteiger partial charge is 0.161 e. The van der Waals surface area contributed by atoms with E-state index in [1.165, 1.54) is 6.92 Å². The minimum absolute atomic E-state index is 0.0164.